The normalized spacial score (nSPS) is 24.8. The number of nitrogens with zero attached hydrogens (tertiary/aromatic N) is 2. The van der Waals surface area contributed by atoms with Crippen LogP contribution >= 0.6 is 0 Å². The van der Waals surface area contributed by atoms with Crippen LogP contribution in [0, 0.1) is 5.92 Å². The molecule has 1 heterocycles. The van der Waals surface area contributed by atoms with Gasteiger partial charge in [0.05, 0.1) is 6.17 Å². The number of piperidine rings is 1. The Morgan fingerprint density at radius 2 is 1.58 bits per heavy atom. The summed E-state index contributed by atoms with van der Waals surface area (Å²) in [6.45, 7) is 9.98. The van der Waals surface area contributed by atoms with Gasteiger partial charge in [0.25, 0.3) is 0 Å². The Balaban J connectivity index is 1.88. The maximum Gasteiger partial charge on any atom is 0.0619 e. The minimum atomic E-state index is 0.715. The molecule has 1 unspecified atom stereocenters. The van der Waals surface area contributed by atoms with Gasteiger partial charge in [-0.3, -0.25) is 9.80 Å². The van der Waals surface area contributed by atoms with Crippen LogP contribution in [0.1, 0.15) is 71.6 Å². The Morgan fingerprint density at radius 3 is 2.16 bits per heavy atom. The van der Waals surface area contributed by atoms with E-state index in [0.29, 0.717) is 6.17 Å². The van der Waals surface area contributed by atoms with Gasteiger partial charge in [0, 0.05) is 6.54 Å². The Labute approximate surface area is 120 Å². The van der Waals surface area contributed by atoms with Crippen molar-refractivity contribution in [3.05, 3.63) is 0 Å². The molecule has 1 saturated heterocycles. The monoisotopic (exact) mass is 266 g/mol. The first-order valence-corrected chi connectivity index (χ1v) is 8.83. The van der Waals surface area contributed by atoms with Crippen LogP contribution in [-0.2, 0) is 0 Å². The zero-order valence-corrected chi connectivity index (χ0v) is 13.2. The molecule has 2 rings (SSSR count). The Hall–Kier alpha value is -0.0800. The molecule has 2 heteroatoms. The maximum atomic E-state index is 2.78. The summed E-state index contributed by atoms with van der Waals surface area (Å²) in [6.07, 6.45) is 13.7. The fraction of sp³-hybridized carbons (Fsp3) is 1.00. The van der Waals surface area contributed by atoms with Crippen molar-refractivity contribution in [1.29, 1.82) is 0 Å². The zero-order chi connectivity index (χ0) is 13.5. The predicted molar refractivity (Wildman–Crippen MR) is 83.3 cm³/mol. The van der Waals surface area contributed by atoms with Crippen LogP contribution in [0.2, 0.25) is 0 Å². The third-order valence-electron chi connectivity index (χ3n) is 5.22. The van der Waals surface area contributed by atoms with Crippen LogP contribution in [0.5, 0.6) is 0 Å². The van der Waals surface area contributed by atoms with Crippen molar-refractivity contribution in [2.24, 2.45) is 5.92 Å². The molecule has 0 spiro atoms. The van der Waals surface area contributed by atoms with Crippen LogP contribution in [-0.4, -0.2) is 42.1 Å². The lowest BCUT2D eigenvalue weighted by molar-refractivity contribution is 0.0162. The summed E-state index contributed by atoms with van der Waals surface area (Å²) in [4.78, 5) is 5.54. The van der Waals surface area contributed by atoms with Gasteiger partial charge in [0.2, 0.25) is 0 Å². The molecule has 0 radical (unpaired) electrons. The summed E-state index contributed by atoms with van der Waals surface area (Å²) in [5, 5.41) is 0. The van der Waals surface area contributed by atoms with Crippen molar-refractivity contribution >= 4 is 0 Å². The molecule has 0 aromatic rings. The number of likely N-dealkylation sites (tertiary alicyclic amines) is 1. The topological polar surface area (TPSA) is 6.48 Å². The van der Waals surface area contributed by atoms with Gasteiger partial charge in [-0.15, -0.1) is 0 Å². The zero-order valence-electron chi connectivity index (χ0n) is 13.2. The Bertz CT molecular complexity index is 229. The van der Waals surface area contributed by atoms with E-state index in [4.69, 9.17) is 0 Å². The first-order chi connectivity index (χ1) is 9.35. The van der Waals surface area contributed by atoms with Crippen molar-refractivity contribution in [3.63, 3.8) is 0 Å². The lowest BCUT2D eigenvalue weighted by Gasteiger charge is -2.42. The maximum absolute atomic E-state index is 2.78. The van der Waals surface area contributed by atoms with Crippen molar-refractivity contribution in [2.45, 2.75) is 77.8 Å². The van der Waals surface area contributed by atoms with Gasteiger partial charge in [-0.1, -0.05) is 39.5 Å². The lowest BCUT2D eigenvalue weighted by Crippen LogP contribution is -2.51. The van der Waals surface area contributed by atoms with E-state index in [-0.39, 0.29) is 0 Å². The molecule has 0 aromatic carbocycles. The standard InChI is InChI=1S/C17H34N2/c1-3-17(19-13-9-6-10-14-19)18(4-2)15-16-11-7-5-8-12-16/h16-17H,3-15H2,1-2H3. The number of rotatable bonds is 6. The van der Waals surface area contributed by atoms with Gasteiger partial charge in [-0.2, -0.15) is 0 Å². The van der Waals surface area contributed by atoms with Crippen molar-refractivity contribution in [3.8, 4) is 0 Å². The molecule has 2 nitrogen and oxygen atoms in total. The number of hydrogen-bond acceptors (Lipinski definition) is 2. The first kappa shape index (κ1) is 15.3. The fourth-order valence-electron chi connectivity index (χ4n) is 4.13. The molecule has 1 atom stereocenters. The molecule has 2 fully saturated rings. The average molecular weight is 266 g/mol. The van der Waals surface area contributed by atoms with Crippen LogP contribution in [0.15, 0.2) is 0 Å². The second kappa shape index (κ2) is 8.26. The van der Waals surface area contributed by atoms with Gasteiger partial charge in [-0.25, -0.2) is 0 Å². The highest BCUT2D eigenvalue weighted by atomic mass is 15.3. The van der Waals surface area contributed by atoms with E-state index >= 15 is 0 Å². The van der Waals surface area contributed by atoms with E-state index in [0.717, 1.165) is 5.92 Å². The summed E-state index contributed by atoms with van der Waals surface area (Å²) in [6, 6.07) is 0. The molecule has 19 heavy (non-hydrogen) atoms. The van der Waals surface area contributed by atoms with Gasteiger partial charge >= 0.3 is 0 Å². The second-order valence-corrected chi connectivity index (χ2v) is 6.58. The number of hydrogen-bond donors (Lipinski definition) is 0. The quantitative estimate of drug-likeness (QED) is 0.714. The van der Waals surface area contributed by atoms with E-state index in [9.17, 15) is 0 Å². The smallest absolute Gasteiger partial charge is 0.0619 e. The molecular formula is C17H34N2. The Kier molecular flexibility index (Phi) is 6.66. The van der Waals surface area contributed by atoms with Crippen molar-refractivity contribution in [2.75, 3.05) is 26.2 Å². The van der Waals surface area contributed by atoms with E-state index in [1.54, 1.807) is 0 Å². The van der Waals surface area contributed by atoms with Crippen molar-refractivity contribution < 1.29 is 0 Å². The highest BCUT2D eigenvalue weighted by Crippen LogP contribution is 2.26. The Morgan fingerprint density at radius 1 is 0.947 bits per heavy atom. The van der Waals surface area contributed by atoms with E-state index < -0.39 is 0 Å². The molecular weight excluding hydrogens is 232 g/mol. The van der Waals surface area contributed by atoms with Crippen molar-refractivity contribution in [1.82, 2.24) is 9.80 Å². The summed E-state index contributed by atoms with van der Waals surface area (Å²) >= 11 is 0. The minimum Gasteiger partial charge on any atom is -0.288 e. The third-order valence-corrected chi connectivity index (χ3v) is 5.22. The third kappa shape index (κ3) is 4.46. The van der Waals surface area contributed by atoms with Gasteiger partial charge in [0.15, 0.2) is 0 Å². The SMILES string of the molecule is CCC(N1CCCCC1)N(CC)CC1CCCCC1. The summed E-state index contributed by atoms with van der Waals surface area (Å²) in [5.41, 5.74) is 0. The molecule has 1 aliphatic heterocycles. The molecule has 1 aliphatic carbocycles. The molecule has 0 aromatic heterocycles. The van der Waals surface area contributed by atoms with E-state index in [1.165, 1.54) is 84.0 Å². The summed E-state index contributed by atoms with van der Waals surface area (Å²) in [7, 11) is 0. The van der Waals surface area contributed by atoms with Gasteiger partial charge < -0.3 is 0 Å². The summed E-state index contributed by atoms with van der Waals surface area (Å²) in [5.74, 6) is 0.979. The van der Waals surface area contributed by atoms with E-state index in [2.05, 4.69) is 23.6 Å². The van der Waals surface area contributed by atoms with Crippen LogP contribution in [0.4, 0.5) is 0 Å². The van der Waals surface area contributed by atoms with Crippen LogP contribution in [0.25, 0.3) is 0 Å². The highest BCUT2D eigenvalue weighted by molar-refractivity contribution is 4.78. The molecule has 2 aliphatic rings. The minimum absolute atomic E-state index is 0.715. The van der Waals surface area contributed by atoms with Crippen LogP contribution in [0.3, 0.4) is 0 Å². The fourth-order valence-corrected chi connectivity index (χ4v) is 4.13. The van der Waals surface area contributed by atoms with E-state index in [1.807, 2.05) is 0 Å². The largest absolute Gasteiger partial charge is 0.288 e. The molecule has 0 amide bonds. The second-order valence-electron chi connectivity index (χ2n) is 6.58. The molecule has 0 bridgehead atoms. The van der Waals surface area contributed by atoms with Crippen LogP contribution < -0.4 is 0 Å². The molecule has 0 N–H and O–H groups in total. The highest BCUT2D eigenvalue weighted by Gasteiger charge is 2.26. The first-order valence-electron chi connectivity index (χ1n) is 8.83. The molecule has 1 saturated carbocycles. The molecule has 112 valence electrons. The lowest BCUT2D eigenvalue weighted by atomic mass is 9.88. The average Bonchev–Trinajstić information content (AvgIpc) is 2.49. The summed E-state index contributed by atoms with van der Waals surface area (Å²) < 4.78 is 0. The predicted octanol–water partition coefficient (Wildman–Crippen LogP) is 4.11. The van der Waals surface area contributed by atoms with Gasteiger partial charge in [-0.05, 0) is 57.7 Å². The van der Waals surface area contributed by atoms with Gasteiger partial charge in [0.1, 0.15) is 0 Å².